The maximum absolute atomic E-state index is 10.6. The van der Waals surface area contributed by atoms with Gasteiger partial charge in [-0.3, -0.25) is 14.7 Å². The molecule has 2 N–H and O–H groups in total. The van der Waals surface area contributed by atoms with Crippen molar-refractivity contribution in [3.8, 4) is 5.69 Å². The van der Waals surface area contributed by atoms with Crippen LogP contribution in [0.4, 0.5) is 11.4 Å². The summed E-state index contributed by atoms with van der Waals surface area (Å²) < 4.78 is 1.56. The van der Waals surface area contributed by atoms with Gasteiger partial charge in [0.1, 0.15) is 18.3 Å². The fourth-order valence-corrected chi connectivity index (χ4v) is 1.18. The Balaban J connectivity index is 2.52. The third-order valence-electron chi connectivity index (χ3n) is 1.93. The Morgan fingerprint density at radius 1 is 1.33 bits per heavy atom. The van der Waals surface area contributed by atoms with Gasteiger partial charge in [-0.25, -0.2) is 0 Å². The van der Waals surface area contributed by atoms with Crippen LogP contribution in [0, 0.1) is 10.1 Å². The minimum Gasteiger partial charge on any atom is -0.393 e. The highest BCUT2D eigenvalue weighted by atomic mass is 16.6. The third kappa shape index (κ3) is 1.62. The van der Waals surface area contributed by atoms with Crippen LogP contribution in [0.15, 0.2) is 30.9 Å². The molecular formula is C8H7N5O2. The Labute approximate surface area is 84.3 Å². The topological polar surface area (TPSA) is 99.9 Å². The quantitative estimate of drug-likeness (QED) is 0.443. The highest BCUT2D eigenvalue weighted by Gasteiger charge is 2.12. The maximum Gasteiger partial charge on any atom is 0.294 e. The van der Waals surface area contributed by atoms with Crippen LogP contribution in [0.1, 0.15) is 0 Å². The van der Waals surface area contributed by atoms with Gasteiger partial charge in [-0.15, -0.1) is 10.2 Å². The number of nitrogens with zero attached hydrogens (tertiary/aromatic N) is 4. The largest absolute Gasteiger partial charge is 0.393 e. The number of nitrogen functional groups attached to an aromatic ring is 1. The zero-order valence-corrected chi connectivity index (χ0v) is 7.57. The van der Waals surface area contributed by atoms with Gasteiger partial charge in [0.2, 0.25) is 0 Å². The first-order valence-electron chi connectivity index (χ1n) is 4.07. The van der Waals surface area contributed by atoms with Crippen LogP contribution in [0.5, 0.6) is 0 Å². The highest BCUT2D eigenvalue weighted by Crippen LogP contribution is 2.23. The summed E-state index contributed by atoms with van der Waals surface area (Å²) in [4.78, 5) is 10.1. The Morgan fingerprint density at radius 3 is 2.60 bits per heavy atom. The molecule has 0 aliphatic carbocycles. The summed E-state index contributed by atoms with van der Waals surface area (Å²) >= 11 is 0. The lowest BCUT2D eigenvalue weighted by Crippen LogP contribution is -1.98. The van der Waals surface area contributed by atoms with Crippen LogP contribution >= 0.6 is 0 Å². The number of nitro groups is 1. The Hall–Kier alpha value is -2.44. The molecule has 1 heterocycles. The number of rotatable bonds is 2. The van der Waals surface area contributed by atoms with E-state index in [0.29, 0.717) is 5.69 Å². The molecule has 0 saturated heterocycles. The van der Waals surface area contributed by atoms with E-state index in [2.05, 4.69) is 10.2 Å². The van der Waals surface area contributed by atoms with Gasteiger partial charge < -0.3 is 5.73 Å². The zero-order valence-electron chi connectivity index (χ0n) is 7.57. The number of nitro benzene ring substituents is 1. The SMILES string of the molecule is Nc1ccc(-n2cnnc2)cc1[N+](=O)[O-]. The van der Waals surface area contributed by atoms with Crippen molar-refractivity contribution in [3.05, 3.63) is 41.0 Å². The van der Waals surface area contributed by atoms with E-state index < -0.39 is 4.92 Å². The highest BCUT2D eigenvalue weighted by molar-refractivity contribution is 5.62. The number of benzene rings is 1. The summed E-state index contributed by atoms with van der Waals surface area (Å²) in [6, 6.07) is 4.51. The van der Waals surface area contributed by atoms with Gasteiger partial charge in [-0.1, -0.05) is 0 Å². The molecule has 0 radical (unpaired) electrons. The summed E-state index contributed by atoms with van der Waals surface area (Å²) in [5.41, 5.74) is 6.07. The summed E-state index contributed by atoms with van der Waals surface area (Å²) in [6.45, 7) is 0. The molecule has 76 valence electrons. The average molecular weight is 205 g/mol. The molecule has 1 aromatic carbocycles. The Morgan fingerprint density at radius 2 is 2.00 bits per heavy atom. The van der Waals surface area contributed by atoms with E-state index >= 15 is 0 Å². The summed E-state index contributed by atoms with van der Waals surface area (Å²) in [5.74, 6) is 0. The molecule has 0 atom stereocenters. The average Bonchev–Trinajstić information content (AvgIpc) is 2.71. The molecule has 0 spiro atoms. The predicted molar refractivity (Wildman–Crippen MR) is 52.4 cm³/mol. The molecule has 7 heteroatoms. The van der Waals surface area contributed by atoms with Gasteiger partial charge in [0.25, 0.3) is 5.69 Å². The molecule has 1 aromatic heterocycles. The number of anilines is 1. The first-order valence-corrected chi connectivity index (χ1v) is 4.07. The van der Waals surface area contributed by atoms with Crippen molar-refractivity contribution in [2.45, 2.75) is 0 Å². The maximum atomic E-state index is 10.6. The van der Waals surface area contributed by atoms with Gasteiger partial charge in [0.15, 0.2) is 0 Å². The molecule has 0 unspecified atom stereocenters. The van der Waals surface area contributed by atoms with E-state index in [0.717, 1.165) is 0 Å². The van der Waals surface area contributed by atoms with Crippen LogP contribution in [-0.2, 0) is 0 Å². The predicted octanol–water partition coefficient (Wildman–Crippen LogP) is 0.758. The Kier molecular flexibility index (Phi) is 2.05. The molecule has 0 saturated carbocycles. The van der Waals surface area contributed by atoms with E-state index in [-0.39, 0.29) is 11.4 Å². The van der Waals surface area contributed by atoms with E-state index in [9.17, 15) is 10.1 Å². The summed E-state index contributed by atoms with van der Waals surface area (Å²) in [6.07, 6.45) is 2.91. The van der Waals surface area contributed by atoms with Gasteiger partial charge in [0.05, 0.1) is 10.6 Å². The fourth-order valence-electron chi connectivity index (χ4n) is 1.18. The van der Waals surface area contributed by atoms with Gasteiger partial charge in [0, 0.05) is 6.07 Å². The zero-order chi connectivity index (χ0) is 10.8. The van der Waals surface area contributed by atoms with E-state index in [1.807, 2.05) is 0 Å². The van der Waals surface area contributed by atoms with Crippen molar-refractivity contribution in [2.75, 3.05) is 5.73 Å². The smallest absolute Gasteiger partial charge is 0.294 e. The molecule has 2 rings (SSSR count). The second kappa shape index (κ2) is 3.37. The normalized spacial score (nSPS) is 10.1. The number of nitrogens with two attached hydrogens (primary N) is 1. The number of aromatic nitrogens is 3. The minimum absolute atomic E-state index is 0.124. The van der Waals surface area contributed by atoms with Crippen molar-refractivity contribution in [1.82, 2.24) is 14.8 Å². The number of hydrogen-bond donors (Lipinski definition) is 1. The minimum atomic E-state index is -0.525. The molecule has 2 aromatic rings. The van der Waals surface area contributed by atoms with Crippen LogP contribution in [0.3, 0.4) is 0 Å². The third-order valence-corrected chi connectivity index (χ3v) is 1.93. The molecule has 0 aliphatic heterocycles. The first kappa shape index (κ1) is 9.13. The first-order chi connectivity index (χ1) is 7.18. The molecule has 0 fully saturated rings. The van der Waals surface area contributed by atoms with E-state index in [1.54, 1.807) is 10.6 Å². The molecule has 0 bridgehead atoms. The van der Waals surface area contributed by atoms with Crippen molar-refractivity contribution in [3.63, 3.8) is 0 Å². The van der Waals surface area contributed by atoms with Crippen molar-refractivity contribution >= 4 is 11.4 Å². The monoisotopic (exact) mass is 205 g/mol. The van der Waals surface area contributed by atoms with Crippen LogP contribution < -0.4 is 5.73 Å². The Bertz CT molecular complexity index is 494. The molecule has 0 aliphatic rings. The van der Waals surface area contributed by atoms with Crippen LogP contribution in [0.2, 0.25) is 0 Å². The van der Waals surface area contributed by atoms with Crippen molar-refractivity contribution < 1.29 is 4.92 Å². The van der Waals surface area contributed by atoms with Crippen LogP contribution in [-0.4, -0.2) is 19.7 Å². The van der Waals surface area contributed by atoms with Crippen molar-refractivity contribution in [1.29, 1.82) is 0 Å². The lowest BCUT2D eigenvalue weighted by Gasteiger charge is -2.02. The van der Waals surface area contributed by atoms with Gasteiger partial charge >= 0.3 is 0 Å². The fraction of sp³-hybridized carbons (Fsp3) is 0. The van der Waals surface area contributed by atoms with Gasteiger partial charge in [-0.05, 0) is 12.1 Å². The second-order valence-electron chi connectivity index (χ2n) is 2.87. The lowest BCUT2D eigenvalue weighted by molar-refractivity contribution is -0.383. The second-order valence-corrected chi connectivity index (χ2v) is 2.87. The molecule has 0 amide bonds. The lowest BCUT2D eigenvalue weighted by atomic mass is 10.2. The molecule has 15 heavy (non-hydrogen) atoms. The summed E-state index contributed by atoms with van der Waals surface area (Å²) in [7, 11) is 0. The molecule has 7 nitrogen and oxygen atoms in total. The van der Waals surface area contributed by atoms with E-state index in [1.165, 1.54) is 24.8 Å². The summed E-state index contributed by atoms with van der Waals surface area (Å²) in [5, 5.41) is 17.8. The standard InChI is InChI=1S/C8H7N5O2/c9-7-2-1-6(3-8(7)13(14)15)12-4-10-11-5-12/h1-5H,9H2. The van der Waals surface area contributed by atoms with Gasteiger partial charge in [-0.2, -0.15) is 0 Å². The van der Waals surface area contributed by atoms with Crippen LogP contribution in [0.25, 0.3) is 5.69 Å². The van der Waals surface area contributed by atoms with E-state index in [4.69, 9.17) is 5.73 Å². The van der Waals surface area contributed by atoms with Crippen molar-refractivity contribution in [2.24, 2.45) is 0 Å². The number of hydrogen-bond acceptors (Lipinski definition) is 5. The molecular weight excluding hydrogens is 198 g/mol.